The number of halogens is 2. The van der Waals surface area contributed by atoms with Crippen LogP contribution < -0.4 is 10.3 Å². The van der Waals surface area contributed by atoms with Gasteiger partial charge in [0.05, 0.1) is 12.8 Å². The standard InChI is InChI=1S/C18H16Cl2N2O2/c1-11-14(10-15-16(19)4-3-5-17(15)20)18(23)22(21-11)12-6-8-13(24-2)9-7-12/h3-9,21H,10H2,1-2H3. The summed E-state index contributed by atoms with van der Waals surface area (Å²) in [6.07, 6.45) is 0.378. The molecule has 0 saturated heterocycles. The van der Waals surface area contributed by atoms with E-state index < -0.39 is 0 Å². The summed E-state index contributed by atoms with van der Waals surface area (Å²) < 4.78 is 6.65. The number of hydrogen-bond acceptors (Lipinski definition) is 2. The van der Waals surface area contributed by atoms with Crippen molar-refractivity contribution < 1.29 is 4.74 Å². The molecule has 0 aliphatic rings. The summed E-state index contributed by atoms with van der Waals surface area (Å²) in [4.78, 5) is 12.8. The third-order valence-electron chi connectivity index (χ3n) is 3.94. The van der Waals surface area contributed by atoms with E-state index in [0.717, 1.165) is 22.7 Å². The lowest BCUT2D eigenvalue weighted by Gasteiger charge is -2.05. The molecule has 1 N–H and O–H groups in total. The van der Waals surface area contributed by atoms with Crippen LogP contribution in [0, 0.1) is 6.92 Å². The largest absolute Gasteiger partial charge is 0.497 e. The molecule has 0 spiro atoms. The Kier molecular flexibility index (Phi) is 4.69. The van der Waals surface area contributed by atoms with Crippen LogP contribution in [0.15, 0.2) is 47.3 Å². The molecule has 24 heavy (non-hydrogen) atoms. The summed E-state index contributed by atoms with van der Waals surface area (Å²) >= 11 is 12.4. The summed E-state index contributed by atoms with van der Waals surface area (Å²) in [6.45, 7) is 1.86. The van der Waals surface area contributed by atoms with Crippen molar-refractivity contribution in [1.82, 2.24) is 9.78 Å². The molecule has 1 aromatic heterocycles. The summed E-state index contributed by atoms with van der Waals surface area (Å²) in [6, 6.07) is 12.6. The van der Waals surface area contributed by atoms with Crippen molar-refractivity contribution in [2.75, 3.05) is 7.11 Å². The molecule has 0 aliphatic heterocycles. The first-order valence-corrected chi connectivity index (χ1v) is 8.14. The second kappa shape index (κ2) is 6.75. The minimum absolute atomic E-state index is 0.117. The van der Waals surface area contributed by atoms with Crippen LogP contribution in [0.5, 0.6) is 5.75 Å². The van der Waals surface area contributed by atoms with Gasteiger partial charge in [0, 0.05) is 27.7 Å². The van der Waals surface area contributed by atoms with E-state index in [1.54, 1.807) is 25.3 Å². The highest BCUT2D eigenvalue weighted by Crippen LogP contribution is 2.27. The Morgan fingerprint density at radius 1 is 1.04 bits per heavy atom. The summed E-state index contributed by atoms with van der Waals surface area (Å²) in [5, 5.41) is 4.21. The van der Waals surface area contributed by atoms with E-state index in [1.165, 1.54) is 4.68 Å². The minimum Gasteiger partial charge on any atom is -0.497 e. The Labute approximate surface area is 149 Å². The quantitative estimate of drug-likeness (QED) is 0.748. The highest BCUT2D eigenvalue weighted by atomic mass is 35.5. The predicted octanol–water partition coefficient (Wildman–Crippen LogP) is 4.38. The van der Waals surface area contributed by atoms with Crippen LogP contribution in [0.2, 0.25) is 10.0 Å². The average Bonchev–Trinajstić information content (AvgIpc) is 2.86. The molecule has 0 aliphatic carbocycles. The molecular formula is C18H16Cl2N2O2. The van der Waals surface area contributed by atoms with Crippen LogP contribution in [0.25, 0.3) is 5.69 Å². The lowest BCUT2D eigenvalue weighted by Crippen LogP contribution is -2.17. The molecule has 0 radical (unpaired) electrons. The van der Waals surface area contributed by atoms with Gasteiger partial charge in [-0.15, -0.1) is 0 Å². The lowest BCUT2D eigenvalue weighted by atomic mass is 10.1. The van der Waals surface area contributed by atoms with Gasteiger partial charge in [0.15, 0.2) is 0 Å². The van der Waals surface area contributed by atoms with Crippen LogP contribution in [-0.2, 0) is 6.42 Å². The normalized spacial score (nSPS) is 10.8. The van der Waals surface area contributed by atoms with Gasteiger partial charge in [0.1, 0.15) is 5.75 Å². The first-order valence-electron chi connectivity index (χ1n) is 7.39. The fraction of sp³-hybridized carbons (Fsp3) is 0.167. The highest BCUT2D eigenvalue weighted by molar-refractivity contribution is 6.36. The van der Waals surface area contributed by atoms with E-state index >= 15 is 0 Å². The topological polar surface area (TPSA) is 47.0 Å². The number of aromatic amines is 1. The van der Waals surface area contributed by atoms with E-state index in [2.05, 4.69) is 5.10 Å². The van der Waals surface area contributed by atoms with Gasteiger partial charge >= 0.3 is 0 Å². The van der Waals surface area contributed by atoms with E-state index in [9.17, 15) is 4.79 Å². The van der Waals surface area contributed by atoms with E-state index in [0.29, 0.717) is 22.0 Å². The zero-order chi connectivity index (χ0) is 17.3. The minimum atomic E-state index is -0.117. The second-order valence-corrected chi connectivity index (χ2v) is 6.25. The Bertz CT molecular complexity index is 907. The SMILES string of the molecule is COc1ccc(-n2[nH]c(C)c(Cc3c(Cl)cccc3Cl)c2=O)cc1. The van der Waals surface area contributed by atoms with Crippen LogP contribution in [0.3, 0.4) is 0 Å². The maximum absolute atomic E-state index is 12.8. The molecule has 0 amide bonds. The number of H-pyrrole nitrogens is 1. The summed E-state index contributed by atoms with van der Waals surface area (Å²) in [5.74, 6) is 0.734. The van der Waals surface area contributed by atoms with Gasteiger partial charge in [0.2, 0.25) is 0 Å². The molecule has 124 valence electrons. The fourth-order valence-electron chi connectivity index (χ4n) is 2.58. The Morgan fingerprint density at radius 2 is 1.67 bits per heavy atom. The highest BCUT2D eigenvalue weighted by Gasteiger charge is 2.16. The molecule has 0 fully saturated rings. The first-order chi connectivity index (χ1) is 11.5. The van der Waals surface area contributed by atoms with Crippen molar-refractivity contribution in [3.8, 4) is 11.4 Å². The van der Waals surface area contributed by atoms with E-state index in [-0.39, 0.29) is 5.56 Å². The second-order valence-electron chi connectivity index (χ2n) is 5.43. The number of hydrogen-bond donors (Lipinski definition) is 1. The van der Waals surface area contributed by atoms with Gasteiger partial charge in [-0.2, -0.15) is 0 Å². The molecule has 3 rings (SSSR count). The van der Waals surface area contributed by atoms with Gasteiger partial charge in [-0.1, -0.05) is 29.3 Å². The Hall–Kier alpha value is -2.17. The monoisotopic (exact) mass is 362 g/mol. The zero-order valence-corrected chi connectivity index (χ0v) is 14.8. The number of nitrogens with zero attached hydrogens (tertiary/aromatic N) is 1. The molecule has 0 bridgehead atoms. The third-order valence-corrected chi connectivity index (χ3v) is 4.65. The van der Waals surface area contributed by atoms with Crippen molar-refractivity contribution in [2.45, 2.75) is 13.3 Å². The van der Waals surface area contributed by atoms with E-state index in [1.807, 2.05) is 31.2 Å². The number of aryl methyl sites for hydroxylation is 1. The zero-order valence-electron chi connectivity index (χ0n) is 13.3. The number of methoxy groups -OCH3 is 1. The van der Waals surface area contributed by atoms with Crippen molar-refractivity contribution >= 4 is 23.2 Å². The number of aromatic nitrogens is 2. The van der Waals surface area contributed by atoms with Crippen LogP contribution in [0.1, 0.15) is 16.8 Å². The molecule has 4 nitrogen and oxygen atoms in total. The summed E-state index contributed by atoms with van der Waals surface area (Å²) in [5.41, 5.74) is 2.79. The van der Waals surface area contributed by atoms with Gasteiger partial charge in [-0.3, -0.25) is 9.89 Å². The Morgan fingerprint density at radius 3 is 2.25 bits per heavy atom. The lowest BCUT2D eigenvalue weighted by molar-refractivity contribution is 0.414. The molecule has 2 aromatic carbocycles. The molecule has 6 heteroatoms. The molecule has 0 saturated carbocycles. The third kappa shape index (κ3) is 3.07. The van der Waals surface area contributed by atoms with Crippen LogP contribution >= 0.6 is 23.2 Å². The van der Waals surface area contributed by atoms with Gasteiger partial charge in [-0.25, -0.2) is 4.68 Å². The number of rotatable bonds is 4. The number of ether oxygens (including phenoxy) is 1. The van der Waals surface area contributed by atoms with Crippen molar-refractivity contribution in [3.05, 3.63) is 79.7 Å². The van der Waals surface area contributed by atoms with Crippen molar-refractivity contribution in [3.63, 3.8) is 0 Å². The smallest absolute Gasteiger partial charge is 0.274 e. The average molecular weight is 363 g/mol. The molecule has 0 unspecified atom stereocenters. The first kappa shape index (κ1) is 16.7. The molecule has 3 aromatic rings. The molecular weight excluding hydrogens is 347 g/mol. The van der Waals surface area contributed by atoms with Crippen molar-refractivity contribution in [2.24, 2.45) is 0 Å². The van der Waals surface area contributed by atoms with Crippen molar-refractivity contribution in [1.29, 1.82) is 0 Å². The number of nitrogens with one attached hydrogen (secondary N) is 1. The number of benzene rings is 2. The molecule has 1 heterocycles. The van der Waals surface area contributed by atoms with Gasteiger partial charge < -0.3 is 4.74 Å². The van der Waals surface area contributed by atoms with Crippen LogP contribution in [-0.4, -0.2) is 16.9 Å². The summed E-state index contributed by atoms with van der Waals surface area (Å²) in [7, 11) is 1.60. The fourth-order valence-corrected chi connectivity index (χ4v) is 3.11. The maximum Gasteiger partial charge on any atom is 0.274 e. The Balaban J connectivity index is 2.02. The maximum atomic E-state index is 12.8. The predicted molar refractivity (Wildman–Crippen MR) is 96.9 cm³/mol. The van der Waals surface area contributed by atoms with E-state index in [4.69, 9.17) is 27.9 Å². The molecule has 0 atom stereocenters. The van der Waals surface area contributed by atoms with Gasteiger partial charge in [-0.05, 0) is 48.9 Å². The van der Waals surface area contributed by atoms with Gasteiger partial charge in [0.25, 0.3) is 5.56 Å². The van der Waals surface area contributed by atoms with Crippen LogP contribution in [0.4, 0.5) is 0 Å².